The fourth-order valence-corrected chi connectivity index (χ4v) is 4.10. The Labute approximate surface area is 125 Å². The largest absolute Gasteiger partial charge is 0.316 e. The van der Waals surface area contributed by atoms with Gasteiger partial charge in [0, 0.05) is 6.42 Å². The molecule has 0 atom stereocenters. The lowest BCUT2D eigenvalue weighted by Gasteiger charge is -2.21. The van der Waals surface area contributed by atoms with Crippen LogP contribution in [0.1, 0.15) is 43.5 Å². The second-order valence-electron chi connectivity index (χ2n) is 5.89. The molecule has 0 bridgehead atoms. The highest BCUT2D eigenvalue weighted by atomic mass is 32.1. The Morgan fingerprint density at radius 2 is 2.00 bits per heavy atom. The van der Waals surface area contributed by atoms with Crippen LogP contribution < -0.4 is 5.32 Å². The fourth-order valence-electron chi connectivity index (χ4n) is 3.09. The molecule has 1 aliphatic rings. The van der Waals surface area contributed by atoms with Crippen molar-refractivity contribution in [3.63, 3.8) is 0 Å². The Morgan fingerprint density at radius 1 is 1.15 bits per heavy atom. The number of thiazole rings is 1. The van der Waals surface area contributed by atoms with Gasteiger partial charge in [-0.25, -0.2) is 4.98 Å². The molecule has 1 aliphatic carbocycles. The van der Waals surface area contributed by atoms with E-state index in [9.17, 15) is 0 Å². The van der Waals surface area contributed by atoms with Gasteiger partial charge in [0.05, 0.1) is 15.2 Å². The molecule has 0 saturated heterocycles. The Hall–Kier alpha value is -0.930. The second kappa shape index (κ2) is 7.19. The topological polar surface area (TPSA) is 24.9 Å². The van der Waals surface area contributed by atoms with Crippen molar-refractivity contribution in [1.82, 2.24) is 10.3 Å². The molecule has 1 saturated carbocycles. The number of fused-ring (bicyclic) bond motifs is 1. The Kier molecular flexibility index (Phi) is 5.04. The molecule has 20 heavy (non-hydrogen) atoms. The van der Waals surface area contributed by atoms with Gasteiger partial charge in [-0.1, -0.05) is 31.4 Å². The lowest BCUT2D eigenvalue weighted by molar-refractivity contribution is 0.342. The predicted octanol–water partition coefficient (Wildman–Crippen LogP) is 4.40. The van der Waals surface area contributed by atoms with Crippen LogP contribution in [0.2, 0.25) is 0 Å². The first kappa shape index (κ1) is 14.0. The monoisotopic (exact) mass is 288 g/mol. The molecule has 2 aromatic rings. The van der Waals surface area contributed by atoms with Crippen LogP contribution in [-0.2, 0) is 6.42 Å². The van der Waals surface area contributed by atoms with Crippen LogP contribution in [0, 0.1) is 5.92 Å². The number of para-hydroxylation sites is 1. The number of nitrogens with zero attached hydrogens (tertiary/aromatic N) is 1. The lowest BCUT2D eigenvalue weighted by atomic mass is 9.89. The number of rotatable bonds is 6. The van der Waals surface area contributed by atoms with Crippen LogP contribution in [0.5, 0.6) is 0 Å². The molecule has 1 aromatic carbocycles. The molecule has 1 aromatic heterocycles. The minimum Gasteiger partial charge on any atom is -0.316 e. The van der Waals surface area contributed by atoms with E-state index in [1.165, 1.54) is 54.8 Å². The maximum absolute atomic E-state index is 4.69. The van der Waals surface area contributed by atoms with Crippen LogP contribution in [0.3, 0.4) is 0 Å². The number of benzene rings is 1. The summed E-state index contributed by atoms with van der Waals surface area (Å²) in [5, 5.41) is 4.92. The average molecular weight is 288 g/mol. The van der Waals surface area contributed by atoms with Crippen molar-refractivity contribution in [3.05, 3.63) is 29.3 Å². The molecule has 0 unspecified atom stereocenters. The van der Waals surface area contributed by atoms with Gasteiger partial charge in [0.2, 0.25) is 0 Å². The molecule has 1 heterocycles. The normalized spacial score (nSPS) is 16.8. The first-order valence-electron chi connectivity index (χ1n) is 7.97. The van der Waals surface area contributed by atoms with E-state index in [0.717, 1.165) is 24.4 Å². The molecular weight excluding hydrogens is 264 g/mol. The molecule has 108 valence electrons. The Bertz CT molecular complexity index is 496. The van der Waals surface area contributed by atoms with E-state index in [-0.39, 0.29) is 0 Å². The number of nitrogens with one attached hydrogen (secondary N) is 1. The molecule has 2 nitrogen and oxygen atoms in total. The summed E-state index contributed by atoms with van der Waals surface area (Å²) in [7, 11) is 0. The third kappa shape index (κ3) is 3.80. The van der Waals surface area contributed by atoms with Crippen LogP contribution in [0.4, 0.5) is 0 Å². The first-order chi connectivity index (χ1) is 9.92. The van der Waals surface area contributed by atoms with Gasteiger partial charge in [0.25, 0.3) is 0 Å². The summed E-state index contributed by atoms with van der Waals surface area (Å²) in [6.07, 6.45) is 9.52. The van der Waals surface area contributed by atoms with Crippen molar-refractivity contribution in [3.8, 4) is 0 Å². The highest BCUT2D eigenvalue weighted by Crippen LogP contribution is 2.23. The maximum Gasteiger partial charge on any atom is 0.0939 e. The van der Waals surface area contributed by atoms with E-state index in [0.29, 0.717) is 0 Å². The zero-order valence-electron chi connectivity index (χ0n) is 12.1. The summed E-state index contributed by atoms with van der Waals surface area (Å²) in [6, 6.07) is 8.43. The third-order valence-corrected chi connectivity index (χ3v) is 5.34. The van der Waals surface area contributed by atoms with Crippen molar-refractivity contribution in [2.75, 3.05) is 13.1 Å². The molecule has 0 radical (unpaired) electrons. The van der Waals surface area contributed by atoms with Crippen molar-refractivity contribution < 1.29 is 0 Å². The number of aryl methyl sites for hydroxylation is 1. The van der Waals surface area contributed by atoms with Crippen LogP contribution in [0.25, 0.3) is 10.2 Å². The lowest BCUT2D eigenvalue weighted by Crippen LogP contribution is -2.25. The highest BCUT2D eigenvalue weighted by Gasteiger charge is 2.12. The minimum atomic E-state index is 0.936. The van der Waals surface area contributed by atoms with Gasteiger partial charge in [-0.2, -0.15) is 0 Å². The molecule has 0 amide bonds. The summed E-state index contributed by atoms with van der Waals surface area (Å²) in [4.78, 5) is 4.69. The van der Waals surface area contributed by atoms with Crippen molar-refractivity contribution >= 4 is 21.6 Å². The van der Waals surface area contributed by atoms with E-state index >= 15 is 0 Å². The van der Waals surface area contributed by atoms with Gasteiger partial charge in [-0.15, -0.1) is 11.3 Å². The van der Waals surface area contributed by atoms with Gasteiger partial charge in [-0.3, -0.25) is 0 Å². The zero-order valence-corrected chi connectivity index (χ0v) is 12.9. The van der Waals surface area contributed by atoms with Crippen molar-refractivity contribution in [2.24, 2.45) is 5.92 Å². The molecule has 0 aliphatic heterocycles. The second-order valence-corrected chi connectivity index (χ2v) is 7.00. The quantitative estimate of drug-likeness (QED) is 0.797. The molecule has 1 N–H and O–H groups in total. The van der Waals surface area contributed by atoms with E-state index in [1.54, 1.807) is 0 Å². The SMILES string of the molecule is c1ccc2sc(CCCNCC3CCCCC3)nc2c1. The zero-order chi connectivity index (χ0) is 13.6. The fraction of sp³-hybridized carbons (Fsp3) is 0.588. The molecule has 1 fully saturated rings. The van der Waals surface area contributed by atoms with Crippen LogP contribution in [-0.4, -0.2) is 18.1 Å². The number of hydrogen-bond acceptors (Lipinski definition) is 3. The summed E-state index contributed by atoms with van der Waals surface area (Å²) in [5.41, 5.74) is 1.16. The molecule has 3 heteroatoms. The summed E-state index contributed by atoms with van der Waals surface area (Å²) >= 11 is 1.84. The van der Waals surface area contributed by atoms with Crippen LogP contribution in [0.15, 0.2) is 24.3 Å². The smallest absolute Gasteiger partial charge is 0.0939 e. The van der Waals surface area contributed by atoms with E-state index in [2.05, 4.69) is 29.6 Å². The molecule has 0 spiro atoms. The number of hydrogen-bond donors (Lipinski definition) is 1. The van der Waals surface area contributed by atoms with E-state index in [4.69, 9.17) is 4.98 Å². The van der Waals surface area contributed by atoms with Gasteiger partial charge in [0.1, 0.15) is 0 Å². The highest BCUT2D eigenvalue weighted by molar-refractivity contribution is 7.18. The Balaban J connectivity index is 1.37. The summed E-state index contributed by atoms with van der Waals surface area (Å²) in [6.45, 7) is 2.35. The van der Waals surface area contributed by atoms with Crippen LogP contribution >= 0.6 is 11.3 Å². The van der Waals surface area contributed by atoms with Crippen molar-refractivity contribution in [2.45, 2.75) is 44.9 Å². The van der Waals surface area contributed by atoms with E-state index < -0.39 is 0 Å². The van der Waals surface area contributed by atoms with Gasteiger partial charge in [-0.05, 0) is 50.4 Å². The van der Waals surface area contributed by atoms with E-state index in [1.807, 2.05) is 11.3 Å². The Morgan fingerprint density at radius 3 is 2.85 bits per heavy atom. The third-order valence-electron chi connectivity index (χ3n) is 4.24. The maximum atomic E-state index is 4.69. The number of aromatic nitrogens is 1. The minimum absolute atomic E-state index is 0.936. The van der Waals surface area contributed by atoms with Gasteiger partial charge >= 0.3 is 0 Å². The first-order valence-corrected chi connectivity index (χ1v) is 8.78. The summed E-state index contributed by atoms with van der Waals surface area (Å²) < 4.78 is 1.32. The van der Waals surface area contributed by atoms with Gasteiger partial charge < -0.3 is 5.32 Å². The standard InChI is InChI=1S/C17H24N2S/c1-2-7-14(8-3-1)13-18-12-6-11-17-19-15-9-4-5-10-16(15)20-17/h4-5,9-10,14,18H,1-3,6-8,11-13H2. The molecular formula is C17H24N2S. The average Bonchev–Trinajstić information content (AvgIpc) is 2.90. The summed E-state index contributed by atoms with van der Waals surface area (Å²) in [5.74, 6) is 0.936. The van der Waals surface area contributed by atoms with Gasteiger partial charge in [0.15, 0.2) is 0 Å². The predicted molar refractivity (Wildman–Crippen MR) is 87.4 cm³/mol. The van der Waals surface area contributed by atoms with Crippen molar-refractivity contribution in [1.29, 1.82) is 0 Å². The molecule has 3 rings (SSSR count).